The standard InChI is InChI=1S/C13H15Cl2N3O2/c1-19-10(7-16)6-13-17-12(18-20-13)4-8-2-3-9(14)5-11(8)15/h2-3,5,10H,4,6-7,16H2,1H3. The molecule has 0 spiro atoms. The van der Waals surface area contributed by atoms with E-state index in [1.807, 2.05) is 6.07 Å². The normalized spacial score (nSPS) is 12.6. The summed E-state index contributed by atoms with van der Waals surface area (Å²) in [5, 5.41) is 5.10. The van der Waals surface area contributed by atoms with Crippen molar-refractivity contribution in [2.45, 2.75) is 18.9 Å². The molecule has 2 rings (SSSR count). The Hall–Kier alpha value is -1.14. The Labute approximate surface area is 127 Å². The molecule has 2 N–H and O–H groups in total. The minimum absolute atomic E-state index is 0.123. The monoisotopic (exact) mass is 315 g/mol. The molecule has 0 bridgehead atoms. The molecule has 0 aliphatic carbocycles. The van der Waals surface area contributed by atoms with Crippen molar-refractivity contribution in [2.24, 2.45) is 5.73 Å². The Morgan fingerprint density at radius 3 is 2.85 bits per heavy atom. The summed E-state index contributed by atoms with van der Waals surface area (Å²) in [6.07, 6.45) is 0.858. The number of nitrogens with two attached hydrogens (primary N) is 1. The van der Waals surface area contributed by atoms with Gasteiger partial charge in [-0.25, -0.2) is 0 Å². The highest BCUT2D eigenvalue weighted by atomic mass is 35.5. The van der Waals surface area contributed by atoms with Gasteiger partial charge in [0.1, 0.15) is 0 Å². The number of methoxy groups -OCH3 is 1. The molecule has 0 amide bonds. The molecule has 0 aliphatic heterocycles. The van der Waals surface area contributed by atoms with Crippen LogP contribution in [-0.2, 0) is 17.6 Å². The van der Waals surface area contributed by atoms with Gasteiger partial charge in [0.25, 0.3) is 0 Å². The van der Waals surface area contributed by atoms with E-state index in [4.69, 9.17) is 38.2 Å². The Morgan fingerprint density at radius 2 is 2.20 bits per heavy atom. The van der Waals surface area contributed by atoms with Crippen LogP contribution >= 0.6 is 23.2 Å². The van der Waals surface area contributed by atoms with Gasteiger partial charge in [-0.1, -0.05) is 34.4 Å². The second-order valence-corrected chi connectivity index (χ2v) is 5.16. The third kappa shape index (κ3) is 3.93. The van der Waals surface area contributed by atoms with Gasteiger partial charge < -0.3 is 15.0 Å². The quantitative estimate of drug-likeness (QED) is 0.886. The van der Waals surface area contributed by atoms with Crippen molar-refractivity contribution in [3.05, 3.63) is 45.5 Å². The van der Waals surface area contributed by atoms with Crippen LogP contribution in [0.3, 0.4) is 0 Å². The molecule has 1 heterocycles. The Balaban J connectivity index is 2.05. The summed E-state index contributed by atoms with van der Waals surface area (Å²) < 4.78 is 10.3. The van der Waals surface area contributed by atoms with Crippen LogP contribution in [0, 0.1) is 0 Å². The Kier molecular flexibility index (Phi) is 5.37. The molecular weight excluding hydrogens is 301 g/mol. The lowest BCUT2D eigenvalue weighted by Crippen LogP contribution is -2.24. The van der Waals surface area contributed by atoms with E-state index in [-0.39, 0.29) is 6.10 Å². The molecule has 0 saturated heterocycles. The van der Waals surface area contributed by atoms with Crippen molar-refractivity contribution >= 4 is 23.2 Å². The first kappa shape index (κ1) is 15.3. The molecule has 2 aromatic rings. The number of rotatable bonds is 6. The highest BCUT2D eigenvalue weighted by molar-refractivity contribution is 6.35. The minimum Gasteiger partial charge on any atom is -0.380 e. The van der Waals surface area contributed by atoms with Gasteiger partial charge in [0, 0.05) is 30.1 Å². The molecule has 0 radical (unpaired) electrons. The lowest BCUT2D eigenvalue weighted by Gasteiger charge is -2.08. The van der Waals surface area contributed by atoms with Gasteiger partial charge in [-0.2, -0.15) is 4.98 Å². The zero-order valence-electron chi connectivity index (χ0n) is 11.0. The third-order valence-corrected chi connectivity index (χ3v) is 3.46. The van der Waals surface area contributed by atoms with Crippen LogP contribution in [0.5, 0.6) is 0 Å². The third-order valence-electron chi connectivity index (χ3n) is 2.87. The molecule has 1 unspecified atom stereocenters. The number of hydrogen-bond donors (Lipinski definition) is 1. The molecule has 0 aliphatic rings. The summed E-state index contributed by atoms with van der Waals surface area (Å²) in [4.78, 5) is 4.30. The van der Waals surface area contributed by atoms with Crippen LogP contribution in [0.25, 0.3) is 0 Å². The zero-order valence-corrected chi connectivity index (χ0v) is 12.5. The van der Waals surface area contributed by atoms with Crippen LogP contribution in [0.4, 0.5) is 0 Å². The predicted octanol–water partition coefficient (Wildman–Crippen LogP) is 2.48. The van der Waals surface area contributed by atoms with Gasteiger partial charge in [-0.05, 0) is 17.7 Å². The minimum atomic E-state index is -0.123. The predicted molar refractivity (Wildman–Crippen MR) is 77.1 cm³/mol. The first-order valence-electron chi connectivity index (χ1n) is 6.10. The first-order valence-corrected chi connectivity index (χ1v) is 6.86. The number of aromatic nitrogens is 2. The topological polar surface area (TPSA) is 74.2 Å². The van der Waals surface area contributed by atoms with E-state index in [0.29, 0.717) is 41.1 Å². The summed E-state index contributed by atoms with van der Waals surface area (Å²) in [6.45, 7) is 0.400. The molecule has 0 saturated carbocycles. The maximum absolute atomic E-state index is 6.11. The van der Waals surface area contributed by atoms with Gasteiger partial charge in [0.15, 0.2) is 5.82 Å². The second kappa shape index (κ2) is 7.04. The van der Waals surface area contributed by atoms with E-state index in [2.05, 4.69) is 10.1 Å². The number of benzene rings is 1. The molecule has 1 aromatic heterocycles. The van der Waals surface area contributed by atoms with E-state index in [1.165, 1.54) is 0 Å². The molecule has 5 nitrogen and oxygen atoms in total. The van der Waals surface area contributed by atoms with Crippen molar-refractivity contribution < 1.29 is 9.26 Å². The molecule has 1 atom stereocenters. The van der Waals surface area contributed by atoms with E-state index in [0.717, 1.165) is 5.56 Å². The molecular formula is C13H15Cl2N3O2. The van der Waals surface area contributed by atoms with Crippen LogP contribution in [0.2, 0.25) is 10.0 Å². The van der Waals surface area contributed by atoms with Crippen molar-refractivity contribution in [1.29, 1.82) is 0 Å². The number of nitrogens with zero attached hydrogens (tertiary/aromatic N) is 2. The molecule has 20 heavy (non-hydrogen) atoms. The molecule has 108 valence electrons. The summed E-state index contributed by atoms with van der Waals surface area (Å²) in [6, 6.07) is 5.31. The van der Waals surface area contributed by atoms with Crippen molar-refractivity contribution in [3.8, 4) is 0 Å². The fourth-order valence-corrected chi connectivity index (χ4v) is 2.21. The van der Waals surface area contributed by atoms with E-state index in [9.17, 15) is 0 Å². The SMILES string of the molecule is COC(CN)Cc1nc(Cc2ccc(Cl)cc2Cl)no1. The molecule has 1 aromatic carbocycles. The van der Waals surface area contributed by atoms with Crippen LogP contribution < -0.4 is 5.73 Å². The van der Waals surface area contributed by atoms with Crippen LogP contribution in [-0.4, -0.2) is 29.9 Å². The molecule has 0 fully saturated rings. The fourth-order valence-electron chi connectivity index (χ4n) is 1.74. The number of hydrogen-bond acceptors (Lipinski definition) is 5. The fraction of sp³-hybridized carbons (Fsp3) is 0.385. The lowest BCUT2D eigenvalue weighted by molar-refractivity contribution is 0.102. The summed E-state index contributed by atoms with van der Waals surface area (Å²) >= 11 is 12.0. The van der Waals surface area contributed by atoms with Crippen molar-refractivity contribution in [3.63, 3.8) is 0 Å². The number of ether oxygens (including phenoxy) is 1. The summed E-state index contributed by atoms with van der Waals surface area (Å²) in [5.74, 6) is 1.07. The summed E-state index contributed by atoms with van der Waals surface area (Å²) in [5.41, 5.74) is 6.44. The van der Waals surface area contributed by atoms with E-state index < -0.39 is 0 Å². The average molecular weight is 316 g/mol. The maximum atomic E-state index is 6.11. The first-order chi connectivity index (χ1) is 9.62. The van der Waals surface area contributed by atoms with Gasteiger partial charge in [-0.3, -0.25) is 0 Å². The zero-order chi connectivity index (χ0) is 14.5. The smallest absolute Gasteiger partial charge is 0.229 e. The highest BCUT2D eigenvalue weighted by Crippen LogP contribution is 2.22. The maximum Gasteiger partial charge on any atom is 0.229 e. The summed E-state index contributed by atoms with van der Waals surface area (Å²) in [7, 11) is 1.60. The van der Waals surface area contributed by atoms with E-state index >= 15 is 0 Å². The Bertz CT molecular complexity index is 570. The van der Waals surface area contributed by atoms with Crippen LogP contribution in [0.15, 0.2) is 22.7 Å². The highest BCUT2D eigenvalue weighted by Gasteiger charge is 2.14. The van der Waals surface area contributed by atoms with Gasteiger partial charge in [0.05, 0.1) is 12.5 Å². The van der Waals surface area contributed by atoms with E-state index in [1.54, 1.807) is 19.2 Å². The van der Waals surface area contributed by atoms with Gasteiger partial charge in [0.2, 0.25) is 5.89 Å². The van der Waals surface area contributed by atoms with Crippen molar-refractivity contribution in [2.75, 3.05) is 13.7 Å². The van der Waals surface area contributed by atoms with Crippen LogP contribution in [0.1, 0.15) is 17.3 Å². The van der Waals surface area contributed by atoms with Crippen molar-refractivity contribution in [1.82, 2.24) is 10.1 Å². The van der Waals surface area contributed by atoms with Gasteiger partial charge in [-0.15, -0.1) is 0 Å². The lowest BCUT2D eigenvalue weighted by atomic mass is 10.1. The molecule has 7 heteroatoms. The van der Waals surface area contributed by atoms with Gasteiger partial charge >= 0.3 is 0 Å². The second-order valence-electron chi connectivity index (χ2n) is 4.31. The number of halogens is 2. The largest absolute Gasteiger partial charge is 0.380 e. The Morgan fingerprint density at radius 1 is 1.40 bits per heavy atom. The average Bonchev–Trinajstić information content (AvgIpc) is 2.86.